The molecule has 1 saturated heterocycles. The number of ether oxygens (including phenoxy) is 5. The second-order valence-electron chi connectivity index (χ2n) is 11.9. The van der Waals surface area contributed by atoms with Crippen LogP contribution in [0.4, 0.5) is 0 Å². The molecule has 1 aromatic carbocycles. The predicted octanol–water partition coefficient (Wildman–Crippen LogP) is 8.39. The van der Waals surface area contributed by atoms with Crippen LogP contribution in [0.15, 0.2) is 33.9 Å². The molecule has 1 fully saturated rings. The molecule has 0 N–H and O–H groups in total. The topological polar surface area (TPSA) is 63.2 Å². The van der Waals surface area contributed by atoms with Crippen molar-refractivity contribution >= 4 is 24.3 Å². The van der Waals surface area contributed by atoms with Crippen LogP contribution in [0.3, 0.4) is 0 Å². The average molecular weight is 668 g/mol. The number of carbonyl (C=O) groups excluding carboxylic acids is 1. The van der Waals surface area contributed by atoms with Crippen molar-refractivity contribution in [2.45, 2.75) is 137 Å². The van der Waals surface area contributed by atoms with Crippen molar-refractivity contribution < 1.29 is 28.5 Å². The van der Waals surface area contributed by atoms with Gasteiger partial charge >= 0.3 is 249 Å². The van der Waals surface area contributed by atoms with E-state index in [2.05, 4.69) is 39.8 Å². The molecule has 228 valence electrons. The van der Waals surface area contributed by atoms with Crippen molar-refractivity contribution in [2.24, 2.45) is 0 Å². The van der Waals surface area contributed by atoms with Gasteiger partial charge in [0, 0.05) is 0 Å². The van der Waals surface area contributed by atoms with Gasteiger partial charge in [-0.25, -0.2) is 0 Å². The van der Waals surface area contributed by atoms with Crippen LogP contribution < -0.4 is 4.74 Å². The van der Waals surface area contributed by atoms with Crippen molar-refractivity contribution in [3.63, 3.8) is 0 Å². The van der Waals surface area contributed by atoms with Gasteiger partial charge < -0.3 is 0 Å². The van der Waals surface area contributed by atoms with E-state index in [9.17, 15) is 4.79 Å². The molecule has 1 aliphatic heterocycles. The Morgan fingerprint density at radius 3 is 2.00 bits per heavy atom. The summed E-state index contributed by atoms with van der Waals surface area (Å²) < 4.78 is 34.9. The van der Waals surface area contributed by atoms with Gasteiger partial charge in [0.25, 0.3) is 0 Å². The van der Waals surface area contributed by atoms with Crippen LogP contribution in [0.25, 0.3) is 0 Å². The fourth-order valence-electron chi connectivity index (χ4n) is 5.93. The molecule has 1 aliphatic rings. The molecule has 40 heavy (non-hydrogen) atoms. The maximum atomic E-state index is 12.8. The summed E-state index contributed by atoms with van der Waals surface area (Å²) in [6.07, 6.45) is 10.4. The number of carbonyl (C=O) groups is 1. The van der Waals surface area contributed by atoms with Gasteiger partial charge in [-0.1, -0.05) is 0 Å². The zero-order chi connectivity index (χ0) is 29.6. The number of hydrogen-bond donors (Lipinski definition) is 0. The fraction of sp³-hybridized carbons (Fsp3) is 0.727. The zero-order valence-corrected chi connectivity index (χ0v) is 29.4. The molecular formula is C33H56O6Sn. The van der Waals surface area contributed by atoms with E-state index in [4.69, 9.17) is 23.7 Å². The Kier molecular flexibility index (Phi) is 15.6. The summed E-state index contributed by atoms with van der Waals surface area (Å²) in [4.78, 5) is 12.8. The summed E-state index contributed by atoms with van der Waals surface area (Å²) in [5, 5.41) is 0. The van der Waals surface area contributed by atoms with Crippen LogP contribution >= 0.6 is 0 Å². The van der Waals surface area contributed by atoms with Gasteiger partial charge in [0.15, 0.2) is 0 Å². The molecule has 0 saturated carbocycles. The SMILES string of the molecule is CCC[CH2][Sn]([CH2]CCC)([CH2]CCC)/[C](=C/C(=O)OC)C[C@H](C[C@H]1OC(C)(C)O[C@@H]1C)OCc1ccc(OC)cc1. The third-order valence-corrected chi connectivity index (χ3v) is 24.3. The molecule has 0 aromatic heterocycles. The van der Waals surface area contributed by atoms with Gasteiger partial charge in [0.05, 0.1) is 0 Å². The molecule has 0 amide bonds. The minimum absolute atomic E-state index is 0.0244. The number of esters is 1. The Balaban J connectivity index is 2.44. The molecule has 0 unspecified atom stereocenters. The van der Waals surface area contributed by atoms with E-state index in [0.29, 0.717) is 6.61 Å². The van der Waals surface area contributed by atoms with E-state index < -0.39 is 24.2 Å². The van der Waals surface area contributed by atoms with E-state index in [1.54, 1.807) is 7.11 Å². The average Bonchev–Trinajstić information content (AvgIpc) is 3.21. The predicted molar refractivity (Wildman–Crippen MR) is 165 cm³/mol. The third-order valence-electron chi connectivity index (χ3n) is 8.22. The number of unbranched alkanes of at least 4 members (excludes halogenated alkanes) is 3. The van der Waals surface area contributed by atoms with Crippen LogP contribution in [0.5, 0.6) is 5.75 Å². The van der Waals surface area contributed by atoms with Gasteiger partial charge in [-0.15, -0.1) is 0 Å². The third kappa shape index (κ3) is 11.3. The van der Waals surface area contributed by atoms with Crippen LogP contribution in [0.2, 0.25) is 13.3 Å². The van der Waals surface area contributed by atoms with E-state index in [-0.39, 0.29) is 24.3 Å². The first-order valence-corrected chi connectivity index (χ1v) is 23.0. The van der Waals surface area contributed by atoms with Gasteiger partial charge in [-0.2, -0.15) is 0 Å². The summed E-state index contributed by atoms with van der Waals surface area (Å²) in [6.45, 7) is 13.4. The van der Waals surface area contributed by atoms with Gasteiger partial charge in [0.2, 0.25) is 0 Å². The van der Waals surface area contributed by atoms with E-state index in [1.165, 1.54) is 62.5 Å². The van der Waals surface area contributed by atoms with E-state index >= 15 is 0 Å². The van der Waals surface area contributed by atoms with Crippen molar-refractivity contribution in [3.8, 4) is 5.75 Å². The summed E-state index contributed by atoms with van der Waals surface area (Å²) >= 11 is -2.94. The summed E-state index contributed by atoms with van der Waals surface area (Å²) in [5.41, 5.74) is 1.10. The molecule has 3 atom stereocenters. The van der Waals surface area contributed by atoms with E-state index in [1.807, 2.05) is 32.1 Å². The van der Waals surface area contributed by atoms with Crippen LogP contribution in [0.1, 0.15) is 98.5 Å². The summed E-state index contributed by atoms with van der Waals surface area (Å²) in [6, 6.07) is 8.04. The van der Waals surface area contributed by atoms with E-state index in [0.717, 1.165) is 24.2 Å². The number of methoxy groups -OCH3 is 2. The fourth-order valence-corrected chi connectivity index (χ4v) is 22.7. The minimum atomic E-state index is -2.94. The molecule has 0 spiro atoms. The number of hydrogen-bond acceptors (Lipinski definition) is 6. The monoisotopic (exact) mass is 668 g/mol. The van der Waals surface area contributed by atoms with Crippen LogP contribution in [0, 0.1) is 0 Å². The van der Waals surface area contributed by atoms with Gasteiger partial charge in [-0.05, 0) is 0 Å². The molecule has 0 bridgehead atoms. The molecule has 2 rings (SSSR count). The normalized spacial score (nSPS) is 19.9. The van der Waals surface area contributed by atoms with Crippen molar-refractivity contribution in [1.82, 2.24) is 0 Å². The van der Waals surface area contributed by atoms with Crippen LogP contribution in [-0.4, -0.2) is 62.7 Å². The number of rotatable bonds is 19. The molecule has 7 heteroatoms. The van der Waals surface area contributed by atoms with Gasteiger partial charge in [-0.3, -0.25) is 0 Å². The van der Waals surface area contributed by atoms with Gasteiger partial charge in [0.1, 0.15) is 0 Å². The molecule has 1 heterocycles. The van der Waals surface area contributed by atoms with Crippen molar-refractivity contribution in [3.05, 3.63) is 39.5 Å². The molecule has 0 radical (unpaired) electrons. The van der Waals surface area contributed by atoms with Crippen molar-refractivity contribution in [1.29, 1.82) is 0 Å². The molecule has 6 nitrogen and oxygen atoms in total. The summed E-state index contributed by atoms with van der Waals surface area (Å²) in [7, 11) is 3.17. The Morgan fingerprint density at radius 1 is 0.975 bits per heavy atom. The zero-order valence-electron chi connectivity index (χ0n) is 26.6. The first kappa shape index (κ1) is 35.1. The first-order chi connectivity index (χ1) is 19.1. The first-order valence-electron chi connectivity index (χ1n) is 15.5. The standard InChI is InChI=1S/C21H29O6.3C4H9.Sn/c1-15-19(27-21(2,3)26-15)13-18(7-6-8-20(22)24-5)25-14-16-9-11-17(23-4)12-10-16;3*1-3-4-2;/h8-12,15,18-19H,7,13-14H2,1-5H3;3*1,3-4H2,2H3;/t15-,18-,19-;;;;/m1..../s1. The number of benzene rings is 1. The second-order valence-corrected chi connectivity index (χ2v) is 25.3. The quantitative estimate of drug-likeness (QED) is 0.0840. The molecule has 0 aliphatic carbocycles. The Labute approximate surface area is 248 Å². The summed E-state index contributed by atoms with van der Waals surface area (Å²) in [5.74, 6) is -0.0102. The Morgan fingerprint density at radius 2 is 1.55 bits per heavy atom. The maximum absolute atomic E-state index is 12.8. The molecular weight excluding hydrogens is 611 g/mol. The van der Waals surface area contributed by atoms with Crippen molar-refractivity contribution in [2.75, 3.05) is 14.2 Å². The second kappa shape index (κ2) is 17.8. The van der Waals surface area contributed by atoms with Crippen LogP contribution in [-0.2, 0) is 30.3 Å². The molecule has 1 aromatic rings. The Hall–Kier alpha value is -1.09. The Bertz CT molecular complexity index is 875.